The maximum atomic E-state index is 13.5. The molecule has 158 valence electrons. The molecule has 4 unspecified atom stereocenters. The topological polar surface area (TPSA) is 107 Å². The number of hydrogen-bond donors (Lipinski definition) is 2. The molecule has 2 amide bonds. The molecular formula is C19H22BrN7O2S. The van der Waals surface area contributed by atoms with E-state index in [0.717, 1.165) is 10.0 Å². The molecule has 5 rings (SSSR count). The lowest BCUT2D eigenvalue weighted by Crippen LogP contribution is -2.71. The molecule has 0 radical (unpaired) electrons. The SMILES string of the molecule is CC1(C)SC2C(N3C(=O)C(c4cccc(Br)c4)NC3(C)C)C(=O)N2C1c1nn[nH]n1. The predicted octanol–water partition coefficient (Wildman–Crippen LogP) is 1.97. The number of aromatic amines is 1. The molecule has 3 saturated heterocycles. The van der Waals surface area contributed by atoms with E-state index in [0.29, 0.717) is 5.82 Å². The van der Waals surface area contributed by atoms with Crippen LogP contribution in [-0.4, -0.2) is 64.1 Å². The summed E-state index contributed by atoms with van der Waals surface area (Å²) < 4.78 is 0.607. The van der Waals surface area contributed by atoms with E-state index in [1.807, 2.05) is 38.1 Å². The number of β-lactam (4-membered cyclic amide) rings is 1. The fourth-order valence-corrected chi connectivity index (χ4v) is 6.92. The molecule has 0 aliphatic carbocycles. The van der Waals surface area contributed by atoms with Crippen LogP contribution in [-0.2, 0) is 9.59 Å². The smallest absolute Gasteiger partial charge is 0.250 e. The predicted molar refractivity (Wildman–Crippen MR) is 114 cm³/mol. The summed E-state index contributed by atoms with van der Waals surface area (Å²) in [5, 5.41) is 17.6. The summed E-state index contributed by atoms with van der Waals surface area (Å²) in [6.45, 7) is 8.03. The minimum atomic E-state index is -0.661. The van der Waals surface area contributed by atoms with Gasteiger partial charge in [0.2, 0.25) is 11.8 Å². The highest BCUT2D eigenvalue weighted by atomic mass is 79.9. The van der Waals surface area contributed by atoms with Gasteiger partial charge in [-0.05, 0) is 45.4 Å². The third-order valence-electron chi connectivity index (χ3n) is 6.06. The Labute approximate surface area is 186 Å². The monoisotopic (exact) mass is 491 g/mol. The normalized spacial score (nSPS) is 31.8. The van der Waals surface area contributed by atoms with Crippen LogP contribution in [0.5, 0.6) is 0 Å². The number of tetrazole rings is 1. The van der Waals surface area contributed by atoms with E-state index in [-0.39, 0.29) is 28.0 Å². The standard InChI is InChI=1S/C19H22BrN7O2S/c1-18(2)13(14-22-24-25-23-14)26-16(29)12(17(26)30-18)27-15(28)11(21-19(27,3)4)9-6-5-7-10(20)8-9/h5-8,11-13,17,21H,1-4H3,(H,22,23,24,25). The van der Waals surface area contributed by atoms with Crippen molar-refractivity contribution in [3.05, 3.63) is 40.1 Å². The van der Waals surface area contributed by atoms with Crippen molar-refractivity contribution in [1.82, 2.24) is 35.7 Å². The Morgan fingerprint density at radius 2 is 1.93 bits per heavy atom. The van der Waals surface area contributed by atoms with Crippen molar-refractivity contribution in [2.75, 3.05) is 0 Å². The number of carbonyl (C=O) groups is 2. The van der Waals surface area contributed by atoms with Gasteiger partial charge in [0.25, 0.3) is 0 Å². The van der Waals surface area contributed by atoms with Crippen molar-refractivity contribution in [3.63, 3.8) is 0 Å². The highest BCUT2D eigenvalue weighted by Gasteiger charge is 2.67. The summed E-state index contributed by atoms with van der Waals surface area (Å²) in [5.41, 5.74) is 0.212. The zero-order valence-electron chi connectivity index (χ0n) is 17.0. The number of rotatable bonds is 3. The van der Waals surface area contributed by atoms with Crippen LogP contribution in [0.25, 0.3) is 0 Å². The first-order valence-corrected chi connectivity index (χ1v) is 11.4. The summed E-state index contributed by atoms with van der Waals surface area (Å²) in [7, 11) is 0. The van der Waals surface area contributed by atoms with Crippen LogP contribution in [0.1, 0.15) is 51.2 Å². The van der Waals surface area contributed by atoms with Crippen molar-refractivity contribution < 1.29 is 9.59 Å². The lowest BCUT2D eigenvalue weighted by molar-refractivity contribution is -0.165. The van der Waals surface area contributed by atoms with E-state index in [9.17, 15) is 9.59 Å². The minimum Gasteiger partial charge on any atom is -0.314 e. The molecule has 1 aromatic carbocycles. The van der Waals surface area contributed by atoms with Gasteiger partial charge in [0, 0.05) is 9.22 Å². The van der Waals surface area contributed by atoms with Gasteiger partial charge in [0.1, 0.15) is 23.5 Å². The summed E-state index contributed by atoms with van der Waals surface area (Å²) >= 11 is 5.15. The second-order valence-electron chi connectivity index (χ2n) is 8.87. The van der Waals surface area contributed by atoms with E-state index in [1.54, 1.807) is 21.6 Å². The fourth-order valence-electron chi connectivity index (χ4n) is 4.83. The van der Waals surface area contributed by atoms with Gasteiger partial charge in [-0.2, -0.15) is 5.21 Å². The van der Waals surface area contributed by atoms with E-state index >= 15 is 0 Å². The molecule has 0 spiro atoms. The van der Waals surface area contributed by atoms with E-state index in [2.05, 4.69) is 55.7 Å². The van der Waals surface area contributed by atoms with Gasteiger partial charge in [-0.3, -0.25) is 14.9 Å². The molecule has 4 heterocycles. The van der Waals surface area contributed by atoms with Crippen LogP contribution in [0.15, 0.2) is 28.7 Å². The lowest BCUT2D eigenvalue weighted by Gasteiger charge is -2.50. The summed E-state index contributed by atoms with van der Waals surface area (Å²) in [6, 6.07) is 6.38. The summed E-state index contributed by atoms with van der Waals surface area (Å²) in [6.07, 6.45) is 0. The molecule has 2 N–H and O–H groups in total. The molecule has 4 atom stereocenters. The number of carbonyl (C=O) groups excluding carboxylic acids is 2. The Balaban J connectivity index is 1.46. The molecule has 1 aromatic heterocycles. The molecule has 3 fully saturated rings. The van der Waals surface area contributed by atoms with Crippen molar-refractivity contribution in [2.24, 2.45) is 0 Å². The van der Waals surface area contributed by atoms with Gasteiger partial charge in [-0.15, -0.1) is 22.0 Å². The fraction of sp³-hybridized carbons (Fsp3) is 0.526. The van der Waals surface area contributed by atoms with Crippen molar-refractivity contribution in [3.8, 4) is 0 Å². The Kier molecular flexibility index (Phi) is 4.33. The zero-order valence-corrected chi connectivity index (χ0v) is 19.4. The molecular weight excluding hydrogens is 470 g/mol. The van der Waals surface area contributed by atoms with Crippen molar-refractivity contribution >= 4 is 39.5 Å². The van der Waals surface area contributed by atoms with Gasteiger partial charge >= 0.3 is 0 Å². The Morgan fingerprint density at radius 3 is 2.60 bits per heavy atom. The molecule has 11 heteroatoms. The second kappa shape index (κ2) is 6.51. The van der Waals surface area contributed by atoms with Gasteiger partial charge in [-0.25, -0.2) is 0 Å². The van der Waals surface area contributed by atoms with E-state index < -0.39 is 17.7 Å². The number of H-pyrrole nitrogens is 1. The number of fused-ring (bicyclic) bond motifs is 1. The average molecular weight is 492 g/mol. The molecule has 0 bridgehead atoms. The quantitative estimate of drug-likeness (QED) is 0.631. The number of benzene rings is 1. The number of aromatic nitrogens is 4. The lowest BCUT2D eigenvalue weighted by atomic mass is 9.93. The van der Waals surface area contributed by atoms with E-state index in [4.69, 9.17) is 0 Å². The minimum absolute atomic E-state index is 0.0778. The van der Waals surface area contributed by atoms with Crippen LogP contribution in [0.2, 0.25) is 0 Å². The largest absolute Gasteiger partial charge is 0.314 e. The molecule has 9 nitrogen and oxygen atoms in total. The number of halogens is 1. The highest BCUT2D eigenvalue weighted by Crippen LogP contribution is 2.58. The summed E-state index contributed by atoms with van der Waals surface area (Å²) in [5.74, 6) is 0.336. The van der Waals surface area contributed by atoms with Gasteiger partial charge in [0.15, 0.2) is 5.82 Å². The van der Waals surface area contributed by atoms with Gasteiger partial charge in [-0.1, -0.05) is 33.3 Å². The third-order valence-corrected chi connectivity index (χ3v) is 8.11. The first kappa shape index (κ1) is 20.0. The number of nitrogens with one attached hydrogen (secondary N) is 2. The Bertz CT molecular complexity index is 1030. The Morgan fingerprint density at radius 1 is 1.17 bits per heavy atom. The van der Waals surface area contributed by atoms with Crippen LogP contribution >= 0.6 is 27.7 Å². The number of amides is 2. The van der Waals surface area contributed by atoms with Crippen LogP contribution < -0.4 is 5.32 Å². The Hall–Kier alpha value is -1.98. The van der Waals surface area contributed by atoms with Crippen LogP contribution in [0, 0.1) is 0 Å². The zero-order chi connectivity index (χ0) is 21.4. The number of nitrogens with zero attached hydrogens (tertiary/aromatic N) is 5. The maximum absolute atomic E-state index is 13.5. The van der Waals surface area contributed by atoms with Gasteiger partial charge in [0.05, 0.1) is 5.66 Å². The average Bonchev–Trinajstić information content (AvgIpc) is 3.33. The van der Waals surface area contributed by atoms with Crippen LogP contribution in [0.4, 0.5) is 0 Å². The molecule has 30 heavy (non-hydrogen) atoms. The van der Waals surface area contributed by atoms with Crippen molar-refractivity contribution in [2.45, 2.75) is 61.6 Å². The van der Waals surface area contributed by atoms with E-state index in [1.165, 1.54) is 0 Å². The highest BCUT2D eigenvalue weighted by molar-refractivity contribution is 9.10. The van der Waals surface area contributed by atoms with Crippen LogP contribution in [0.3, 0.4) is 0 Å². The molecule has 0 saturated carbocycles. The van der Waals surface area contributed by atoms with Gasteiger partial charge < -0.3 is 9.80 Å². The third kappa shape index (κ3) is 2.75. The summed E-state index contributed by atoms with van der Waals surface area (Å²) in [4.78, 5) is 30.4. The molecule has 3 aliphatic rings. The molecule has 2 aromatic rings. The number of hydrogen-bond acceptors (Lipinski definition) is 7. The molecule has 3 aliphatic heterocycles. The van der Waals surface area contributed by atoms with Crippen molar-refractivity contribution in [1.29, 1.82) is 0 Å². The maximum Gasteiger partial charge on any atom is 0.250 e. The first-order chi connectivity index (χ1) is 14.1. The second-order valence-corrected chi connectivity index (χ2v) is 11.6. The first-order valence-electron chi connectivity index (χ1n) is 9.71. The number of thioether (sulfide) groups is 1.